The summed E-state index contributed by atoms with van der Waals surface area (Å²) >= 11 is 7.64. The highest BCUT2D eigenvalue weighted by Crippen LogP contribution is 2.27. The standard InChI is InChI=1S/C16H15ClN4O3S/c1-23-14(22)13-7-6-11(24-13)8-21-15(18)19-20-16(21)25-9-10-4-2-3-5-12(10)17/h2-7H,8-9H2,1H3,(H2,18,19). The number of esters is 1. The summed E-state index contributed by atoms with van der Waals surface area (Å²) < 4.78 is 11.8. The van der Waals surface area contributed by atoms with Crippen molar-refractivity contribution in [2.45, 2.75) is 17.5 Å². The second-order valence-electron chi connectivity index (χ2n) is 5.06. The van der Waals surface area contributed by atoms with Crippen LogP contribution in [0.25, 0.3) is 0 Å². The number of nitrogens with two attached hydrogens (primary N) is 1. The largest absolute Gasteiger partial charge is 0.463 e. The molecule has 0 aliphatic carbocycles. The Morgan fingerprint density at radius 2 is 2.12 bits per heavy atom. The second-order valence-corrected chi connectivity index (χ2v) is 6.41. The average molecular weight is 379 g/mol. The van der Waals surface area contributed by atoms with Crippen LogP contribution in [0.4, 0.5) is 5.95 Å². The third-order valence-corrected chi connectivity index (χ3v) is 4.81. The number of carbonyl (C=O) groups is 1. The highest BCUT2D eigenvalue weighted by Gasteiger charge is 2.15. The van der Waals surface area contributed by atoms with E-state index in [-0.39, 0.29) is 11.7 Å². The van der Waals surface area contributed by atoms with E-state index in [1.54, 1.807) is 16.7 Å². The lowest BCUT2D eigenvalue weighted by Gasteiger charge is -2.07. The fourth-order valence-corrected chi connectivity index (χ4v) is 3.37. The smallest absolute Gasteiger partial charge is 0.373 e. The average Bonchev–Trinajstić information content (AvgIpc) is 3.22. The molecule has 0 radical (unpaired) electrons. The zero-order chi connectivity index (χ0) is 17.8. The van der Waals surface area contributed by atoms with Crippen LogP contribution in [0.2, 0.25) is 5.02 Å². The summed E-state index contributed by atoms with van der Waals surface area (Å²) in [6.07, 6.45) is 0. The number of furan rings is 1. The van der Waals surface area contributed by atoms with Crippen molar-refractivity contribution in [2.24, 2.45) is 0 Å². The number of benzene rings is 1. The van der Waals surface area contributed by atoms with Crippen LogP contribution >= 0.6 is 23.4 Å². The molecule has 0 amide bonds. The Bertz CT molecular complexity index is 893. The van der Waals surface area contributed by atoms with Gasteiger partial charge in [-0.2, -0.15) is 0 Å². The maximum Gasteiger partial charge on any atom is 0.373 e. The zero-order valence-corrected chi connectivity index (χ0v) is 14.9. The van der Waals surface area contributed by atoms with E-state index in [1.807, 2.05) is 24.3 Å². The van der Waals surface area contributed by atoms with Crippen molar-refractivity contribution in [3.05, 3.63) is 58.5 Å². The van der Waals surface area contributed by atoms with Gasteiger partial charge < -0.3 is 14.9 Å². The van der Waals surface area contributed by atoms with Gasteiger partial charge in [0.2, 0.25) is 11.7 Å². The van der Waals surface area contributed by atoms with Crippen molar-refractivity contribution < 1.29 is 13.9 Å². The first-order valence-corrected chi connectivity index (χ1v) is 8.66. The van der Waals surface area contributed by atoms with Gasteiger partial charge in [-0.1, -0.05) is 41.6 Å². The molecule has 25 heavy (non-hydrogen) atoms. The van der Waals surface area contributed by atoms with Crippen LogP contribution in [0.1, 0.15) is 21.9 Å². The number of halogens is 1. The third kappa shape index (κ3) is 3.97. The number of methoxy groups -OCH3 is 1. The van der Waals surface area contributed by atoms with Crippen molar-refractivity contribution in [3.63, 3.8) is 0 Å². The Morgan fingerprint density at radius 1 is 1.32 bits per heavy atom. The molecule has 3 aromatic rings. The number of anilines is 1. The number of nitrogens with zero attached hydrogens (tertiary/aromatic N) is 3. The molecule has 0 fully saturated rings. The van der Waals surface area contributed by atoms with Crippen LogP contribution in [-0.4, -0.2) is 27.8 Å². The molecule has 130 valence electrons. The van der Waals surface area contributed by atoms with Crippen LogP contribution in [0.15, 0.2) is 46.0 Å². The fourth-order valence-electron chi connectivity index (χ4n) is 2.14. The molecule has 2 N–H and O–H groups in total. The SMILES string of the molecule is COC(=O)c1ccc(Cn2c(N)nnc2SCc2ccccc2Cl)o1. The lowest BCUT2D eigenvalue weighted by molar-refractivity contribution is 0.0563. The van der Waals surface area contributed by atoms with Crippen molar-refractivity contribution in [1.29, 1.82) is 0 Å². The minimum absolute atomic E-state index is 0.134. The summed E-state index contributed by atoms with van der Waals surface area (Å²) in [5, 5.41) is 9.33. The number of ether oxygens (including phenoxy) is 1. The van der Waals surface area contributed by atoms with Crippen LogP contribution in [0, 0.1) is 0 Å². The van der Waals surface area contributed by atoms with E-state index in [2.05, 4.69) is 14.9 Å². The van der Waals surface area contributed by atoms with Crippen LogP contribution in [0.3, 0.4) is 0 Å². The number of aromatic nitrogens is 3. The molecule has 0 atom stereocenters. The fraction of sp³-hybridized carbons (Fsp3) is 0.188. The maximum atomic E-state index is 11.5. The first-order valence-electron chi connectivity index (χ1n) is 7.30. The summed E-state index contributed by atoms with van der Waals surface area (Å²) in [5.74, 6) is 1.04. The number of carbonyl (C=O) groups excluding carboxylic acids is 1. The van der Waals surface area contributed by atoms with Gasteiger partial charge in [0.1, 0.15) is 5.76 Å². The number of nitrogen functional groups attached to an aromatic ring is 1. The predicted molar refractivity (Wildman–Crippen MR) is 94.6 cm³/mol. The molecule has 0 saturated heterocycles. The molecule has 2 aromatic heterocycles. The summed E-state index contributed by atoms with van der Waals surface area (Å²) in [6.45, 7) is 0.306. The molecular weight excluding hydrogens is 364 g/mol. The third-order valence-electron chi connectivity index (χ3n) is 3.42. The van der Waals surface area contributed by atoms with Crippen molar-refractivity contribution in [3.8, 4) is 0 Å². The van der Waals surface area contributed by atoms with Gasteiger partial charge in [-0.05, 0) is 23.8 Å². The topological polar surface area (TPSA) is 96.2 Å². The Morgan fingerprint density at radius 3 is 2.88 bits per heavy atom. The normalized spacial score (nSPS) is 10.8. The number of hydrogen-bond donors (Lipinski definition) is 1. The van der Waals surface area contributed by atoms with Crippen molar-refractivity contribution in [1.82, 2.24) is 14.8 Å². The summed E-state index contributed by atoms with van der Waals surface area (Å²) in [7, 11) is 1.30. The van der Waals surface area contributed by atoms with Crippen LogP contribution < -0.4 is 5.73 Å². The number of thioether (sulfide) groups is 1. The lowest BCUT2D eigenvalue weighted by Crippen LogP contribution is -2.06. The molecule has 9 heteroatoms. The lowest BCUT2D eigenvalue weighted by atomic mass is 10.2. The van der Waals surface area contributed by atoms with Gasteiger partial charge in [0.15, 0.2) is 5.16 Å². The van der Waals surface area contributed by atoms with E-state index >= 15 is 0 Å². The number of rotatable bonds is 6. The molecule has 0 bridgehead atoms. The molecule has 0 saturated carbocycles. The Kier molecular flexibility index (Phi) is 5.30. The van der Waals surface area contributed by atoms with E-state index in [9.17, 15) is 4.79 Å². The molecule has 0 aliphatic rings. The molecular formula is C16H15ClN4O3S. The first kappa shape index (κ1) is 17.4. The van der Waals surface area contributed by atoms with Crippen LogP contribution in [0.5, 0.6) is 0 Å². The van der Waals surface area contributed by atoms with Crippen molar-refractivity contribution in [2.75, 3.05) is 12.8 Å². The molecule has 0 spiro atoms. The van der Waals surface area contributed by atoms with Crippen LogP contribution in [-0.2, 0) is 17.0 Å². The molecule has 7 nitrogen and oxygen atoms in total. The zero-order valence-electron chi connectivity index (χ0n) is 13.3. The molecule has 0 aliphatic heterocycles. The Labute approximate surface area is 153 Å². The van der Waals surface area contributed by atoms with Gasteiger partial charge in [0, 0.05) is 10.8 Å². The van der Waals surface area contributed by atoms with E-state index < -0.39 is 5.97 Å². The first-order chi connectivity index (χ1) is 12.1. The van der Waals surface area contributed by atoms with Gasteiger partial charge in [0.25, 0.3) is 0 Å². The minimum Gasteiger partial charge on any atom is -0.463 e. The Balaban J connectivity index is 1.74. The van der Waals surface area contributed by atoms with Gasteiger partial charge in [-0.25, -0.2) is 4.79 Å². The van der Waals surface area contributed by atoms with E-state index in [0.717, 1.165) is 5.56 Å². The predicted octanol–water partition coefficient (Wildman–Crippen LogP) is 3.23. The monoisotopic (exact) mass is 378 g/mol. The summed E-state index contributed by atoms with van der Waals surface area (Å²) in [5.41, 5.74) is 6.89. The molecule has 0 unspecified atom stereocenters. The van der Waals surface area contributed by atoms with E-state index in [4.69, 9.17) is 21.8 Å². The second kappa shape index (κ2) is 7.62. The maximum absolute atomic E-state index is 11.5. The van der Waals surface area contributed by atoms with Gasteiger partial charge in [-0.3, -0.25) is 4.57 Å². The highest BCUT2D eigenvalue weighted by atomic mass is 35.5. The minimum atomic E-state index is -0.531. The Hall–Kier alpha value is -2.45. The number of hydrogen-bond acceptors (Lipinski definition) is 7. The van der Waals surface area contributed by atoms with E-state index in [0.29, 0.717) is 28.2 Å². The van der Waals surface area contributed by atoms with E-state index in [1.165, 1.54) is 18.9 Å². The highest BCUT2D eigenvalue weighted by molar-refractivity contribution is 7.98. The molecule has 3 rings (SSSR count). The van der Waals surface area contributed by atoms with Gasteiger partial charge >= 0.3 is 5.97 Å². The molecule has 1 aromatic carbocycles. The summed E-state index contributed by atoms with van der Waals surface area (Å²) in [4.78, 5) is 11.5. The quantitative estimate of drug-likeness (QED) is 0.519. The molecule has 2 heterocycles. The van der Waals surface area contributed by atoms with Gasteiger partial charge in [-0.15, -0.1) is 10.2 Å². The van der Waals surface area contributed by atoms with Gasteiger partial charge in [0.05, 0.1) is 13.7 Å². The summed E-state index contributed by atoms with van der Waals surface area (Å²) in [6, 6.07) is 10.8. The van der Waals surface area contributed by atoms with Crippen molar-refractivity contribution >= 4 is 35.3 Å².